The van der Waals surface area contributed by atoms with Crippen LogP contribution < -0.4 is 0 Å². The monoisotopic (exact) mass is 289 g/mol. The average molecular weight is 289 g/mol. The molecule has 0 radical (unpaired) electrons. The summed E-state index contributed by atoms with van der Waals surface area (Å²) in [7, 11) is 0. The number of nitrogens with zero attached hydrogens (tertiary/aromatic N) is 1. The van der Waals surface area contributed by atoms with Crippen molar-refractivity contribution >= 4 is 0 Å². The number of alkyl halides is 2. The van der Waals surface area contributed by atoms with Gasteiger partial charge in [-0.05, 0) is 61.6 Å². The Labute approximate surface area is 125 Å². The number of halogens is 2. The molecule has 0 saturated heterocycles. The van der Waals surface area contributed by atoms with Crippen LogP contribution in [0.2, 0.25) is 0 Å². The van der Waals surface area contributed by atoms with Gasteiger partial charge in [0.1, 0.15) is 0 Å². The van der Waals surface area contributed by atoms with Gasteiger partial charge in [0, 0.05) is 6.42 Å². The van der Waals surface area contributed by atoms with Gasteiger partial charge in [0.05, 0.1) is 11.6 Å². The second kappa shape index (κ2) is 7.93. The molecule has 1 aromatic carbocycles. The molecule has 1 nitrogen and oxygen atoms in total. The van der Waals surface area contributed by atoms with Gasteiger partial charge >= 0.3 is 0 Å². The molecule has 0 spiro atoms. The molecule has 1 saturated carbocycles. The third-order valence-corrected chi connectivity index (χ3v) is 4.24. The Kier molecular flexibility index (Phi) is 5.92. The predicted molar refractivity (Wildman–Crippen MR) is 80.2 cm³/mol. The molecule has 2 rings (SSSR count). The maximum absolute atomic E-state index is 12.0. The Balaban J connectivity index is 1.78. The number of hydrogen-bond donors (Lipinski definition) is 0. The Morgan fingerprint density at radius 2 is 1.81 bits per heavy atom. The number of nitriles is 1. The Morgan fingerprint density at radius 3 is 2.38 bits per heavy atom. The lowest BCUT2D eigenvalue weighted by Gasteiger charge is -2.27. The van der Waals surface area contributed by atoms with Gasteiger partial charge in [0.15, 0.2) is 0 Å². The quantitative estimate of drug-likeness (QED) is 0.663. The van der Waals surface area contributed by atoms with E-state index in [2.05, 4.69) is 24.3 Å². The van der Waals surface area contributed by atoms with Gasteiger partial charge in [-0.3, -0.25) is 0 Å². The van der Waals surface area contributed by atoms with Crippen molar-refractivity contribution < 1.29 is 8.78 Å². The van der Waals surface area contributed by atoms with Crippen molar-refractivity contribution in [2.45, 2.75) is 50.9 Å². The summed E-state index contributed by atoms with van der Waals surface area (Å²) in [5.74, 6) is 1.11. The predicted octanol–water partition coefficient (Wildman–Crippen LogP) is 5.43. The molecule has 3 heteroatoms. The normalized spacial score (nSPS) is 22.6. The van der Waals surface area contributed by atoms with Crippen LogP contribution >= 0.6 is 0 Å². The molecule has 0 amide bonds. The van der Waals surface area contributed by atoms with Gasteiger partial charge in [0.2, 0.25) is 6.43 Å². The summed E-state index contributed by atoms with van der Waals surface area (Å²) in [5.41, 5.74) is 2.02. The third-order valence-electron chi connectivity index (χ3n) is 4.24. The highest BCUT2D eigenvalue weighted by Gasteiger charge is 2.20. The molecule has 0 aromatic heterocycles. The van der Waals surface area contributed by atoms with E-state index in [-0.39, 0.29) is 6.42 Å². The van der Waals surface area contributed by atoms with Crippen molar-refractivity contribution in [2.24, 2.45) is 5.92 Å². The fraction of sp³-hybridized carbons (Fsp3) is 0.500. The Hall–Kier alpha value is -1.69. The molecule has 1 fully saturated rings. The van der Waals surface area contributed by atoms with Crippen LogP contribution in [0.3, 0.4) is 0 Å². The summed E-state index contributed by atoms with van der Waals surface area (Å²) in [5, 5.41) is 8.81. The second-order valence-corrected chi connectivity index (χ2v) is 5.74. The van der Waals surface area contributed by atoms with E-state index < -0.39 is 6.43 Å². The first kappa shape index (κ1) is 15.7. The minimum atomic E-state index is -2.19. The average Bonchev–Trinajstić information content (AvgIpc) is 2.52. The topological polar surface area (TPSA) is 23.8 Å². The second-order valence-electron chi connectivity index (χ2n) is 5.74. The molecule has 1 aliphatic carbocycles. The lowest BCUT2D eigenvalue weighted by atomic mass is 9.78. The van der Waals surface area contributed by atoms with E-state index in [0.717, 1.165) is 25.7 Å². The zero-order chi connectivity index (χ0) is 15.1. The SMILES string of the molecule is N#Cc1ccc([C@H]2CC[C@H](/C=C/CCC(F)F)CC2)cc1. The van der Waals surface area contributed by atoms with E-state index in [4.69, 9.17) is 5.26 Å². The molecule has 0 heterocycles. The van der Waals surface area contributed by atoms with Gasteiger partial charge in [-0.1, -0.05) is 24.3 Å². The van der Waals surface area contributed by atoms with Gasteiger partial charge < -0.3 is 0 Å². The maximum atomic E-state index is 12.0. The van der Waals surface area contributed by atoms with Gasteiger partial charge in [-0.25, -0.2) is 8.78 Å². The molecule has 21 heavy (non-hydrogen) atoms. The van der Waals surface area contributed by atoms with Crippen LogP contribution in [-0.4, -0.2) is 6.43 Å². The molecule has 1 aromatic rings. The van der Waals surface area contributed by atoms with Crippen LogP contribution in [0.4, 0.5) is 8.78 Å². The molecule has 0 unspecified atom stereocenters. The van der Waals surface area contributed by atoms with E-state index in [0.29, 0.717) is 23.8 Å². The summed E-state index contributed by atoms with van der Waals surface area (Å²) in [4.78, 5) is 0. The highest BCUT2D eigenvalue weighted by atomic mass is 19.3. The fourth-order valence-corrected chi connectivity index (χ4v) is 2.99. The molecular formula is C18H21F2N. The molecule has 112 valence electrons. The van der Waals surface area contributed by atoms with Crippen molar-refractivity contribution in [2.75, 3.05) is 0 Å². The number of rotatable bonds is 5. The summed E-state index contributed by atoms with van der Waals surface area (Å²) in [6.07, 6.45) is 6.80. The summed E-state index contributed by atoms with van der Waals surface area (Å²) in [6.45, 7) is 0. The fourth-order valence-electron chi connectivity index (χ4n) is 2.99. The van der Waals surface area contributed by atoms with Crippen LogP contribution in [0.15, 0.2) is 36.4 Å². The van der Waals surface area contributed by atoms with Gasteiger partial charge in [0.25, 0.3) is 0 Å². The van der Waals surface area contributed by atoms with Crippen LogP contribution in [0, 0.1) is 17.2 Å². The van der Waals surface area contributed by atoms with E-state index in [9.17, 15) is 8.78 Å². The van der Waals surface area contributed by atoms with E-state index >= 15 is 0 Å². The van der Waals surface area contributed by atoms with Crippen molar-refractivity contribution in [1.82, 2.24) is 0 Å². The van der Waals surface area contributed by atoms with E-state index in [1.165, 1.54) is 5.56 Å². The number of benzene rings is 1. The minimum Gasteiger partial charge on any atom is -0.211 e. The minimum absolute atomic E-state index is 0.0307. The van der Waals surface area contributed by atoms with Crippen molar-refractivity contribution in [3.8, 4) is 6.07 Å². The van der Waals surface area contributed by atoms with Gasteiger partial charge in [-0.15, -0.1) is 0 Å². The number of allylic oxidation sites excluding steroid dienone is 2. The Bertz CT molecular complexity index is 491. The maximum Gasteiger partial charge on any atom is 0.238 e. The van der Waals surface area contributed by atoms with Gasteiger partial charge in [-0.2, -0.15) is 5.26 Å². The molecule has 0 aliphatic heterocycles. The van der Waals surface area contributed by atoms with Crippen molar-refractivity contribution in [1.29, 1.82) is 5.26 Å². The first-order valence-electron chi connectivity index (χ1n) is 7.64. The summed E-state index contributed by atoms with van der Waals surface area (Å²) >= 11 is 0. The first-order valence-corrected chi connectivity index (χ1v) is 7.64. The highest BCUT2D eigenvalue weighted by Crippen LogP contribution is 2.36. The highest BCUT2D eigenvalue weighted by molar-refractivity contribution is 5.33. The van der Waals surface area contributed by atoms with Crippen LogP contribution in [0.1, 0.15) is 55.6 Å². The first-order chi connectivity index (χ1) is 10.2. The zero-order valence-corrected chi connectivity index (χ0v) is 12.1. The van der Waals surface area contributed by atoms with Crippen molar-refractivity contribution in [3.63, 3.8) is 0 Å². The molecule has 0 N–H and O–H groups in total. The van der Waals surface area contributed by atoms with Crippen LogP contribution in [-0.2, 0) is 0 Å². The lowest BCUT2D eigenvalue weighted by molar-refractivity contribution is 0.139. The summed E-state index contributed by atoms with van der Waals surface area (Å²) < 4.78 is 24.1. The third kappa shape index (κ3) is 4.97. The standard InChI is InChI=1S/C18H21F2N/c19-18(20)4-2-1-3-14-5-9-16(10-6-14)17-11-7-15(13-21)8-12-17/h1,3,7-8,11-12,14,16,18H,2,4-6,9-10H2/b3-1+/t14-,16-. The largest absolute Gasteiger partial charge is 0.238 e. The molecule has 0 bridgehead atoms. The van der Waals surface area contributed by atoms with Crippen LogP contribution in [0.25, 0.3) is 0 Å². The summed E-state index contributed by atoms with van der Waals surface area (Å²) in [6, 6.07) is 10.0. The molecule has 0 atom stereocenters. The van der Waals surface area contributed by atoms with E-state index in [1.54, 1.807) is 0 Å². The number of hydrogen-bond acceptors (Lipinski definition) is 1. The smallest absolute Gasteiger partial charge is 0.211 e. The van der Waals surface area contributed by atoms with Crippen LogP contribution in [0.5, 0.6) is 0 Å². The molecule has 1 aliphatic rings. The zero-order valence-electron chi connectivity index (χ0n) is 12.1. The van der Waals surface area contributed by atoms with Crippen molar-refractivity contribution in [3.05, 3.63) is 47.5 Å². The lowest BCUT2D eigenvalue weighted by Crippen LogP contribution is -2.11. The Morgan fingerprint density at radius 1 is 1.14 bits per heavy atom. The van der Waals surface area contributed by atoms with E-state index in [1.807, 2.05) is 18.2 Å². The molecular weight excluding hydrogens is 268 g/mol.